The van der Waals surface area contributed by atoms with Crippen LogP contribution in [-0.4, -0.2) is 26.3 Å². The van der Waals surface area contributed by atoms with Gasteiger partial charge in [-0.25, -0.2) is 4.98 Å². The SMILES string of the molecule is Cn1ccc(CCNCc2csc(-c3ccccn3)n2)n1. The second-order valence-electron chi connectivity index (χ2n) is 4.77. The average Bonchev–Trinajstić information content (AvgIpc) is 3.14. The minimum absolute atomic E-state index is 0.774. The maximum absolute atomic E-state index is 4.60. The van der Waals surface area contributed by atoms with Crippen molar-refractivity contribution < 1.29 is 0 Å². The Balaban J connectivity index is 1.49. The van der Waals surface area contributed by atoms with E-state index in [4.69, 9.17) is 0 Å². The molecule has 21 heavy (non-hydrogen) atoms. The van der Waals surface area contributed by atoms with Crippen LogP contribution < -0.4 is 5.32 Å². The molecule has 0 aliphatic heterocycles. The summed E-state index contributed by atoms with van der Waals surface area (Å²) in [6.45, 7) is 1.67. The summed E-state index contributed by atoms with van der Waals surface area (Å²) >= 11 is 1.63. The zero-order chi connectivity index (χ0) is 14.5. The lowest BCUT2D eigenvalue weighted by atomic mass is 10.3. The first-order chi connectivity index (χ1) is 10.3. The molecule has 0 aliphatic rings. The van der Waals surface area contributed by atoms with Gasteiger partial charge in [0.15, 0.2) is 0 Å². The summed E-state index contributed by atoms with van der Waals surface area (Å²) in [4.78, 5) is 8.92. The molecule has 0 bridgehead atoms. The molecule has 3 heterocycles. The summed E-state index contributed by atoms with van der Waals surface area (Å²) in [6.07, 6.45) is 4.69. The topological polar surface area (TPSA) is 55.6 Å². The van der Waals surface area contributed by atoms with Crippen LogP contribution in [0.4, 0.5) is 0 Å². The van der Waals surface area contributed by atoms with Crippen molar-refractivity contribution in [1.29, 1.82) is 0 Å². The molecule has 0 amide bonds. The fourth-order valence-electron chi connectivity index (χ4n) is 2.02. The molecule has 0 aromatic carbocycles. The second-order valence-corrected chi connectivity index (χ2v) is 5.62. The van der Waals surface area contributed by atoms with E-state index in [0.29, 0.717) is 0 Å². The molecule has 3 aromatic heterocycles. The molecule has 5 nitrogen and oxygen atoms in total. The van der Waals surface area contributed by atoms with Crippen molar-refractivity contribution in [2.24, 2.45) is 7.05 Å². The first-order valence-electron chi connectivity index (χ1n) is 6.86. The Morgan fingerprint density at radius 1 is 1.24 bits per heavy atom. The van der Waals surface area contributed by atoms with E-state index in [1.807, 2.05) is 42.2 Å². The van der Waals surface area contributed by atoms with Gasteiger partial charge in [0.1, 0.15) is 5.01 Å². The lowest BCUT2D eigenvalue weighted by Crippen LogP contribution is -2.17. The lowest BCUT2D eigenvalue weighted by Gasteiger charge is -2.00. The normalized spacial score (nSPS) is 10.9. The van der Waals surface area contributed by atoms with Gasteiger partial charge in [0.05, 0.1) is 17.1 Å². The lowest BCUT2D eigenvalue weighted by molar-refractivity contribution is 0.659. The van der Waals surface area contributed by atoms with Gasteiger partial charge in [0.2, 0.25) is 0 Å². The van der Waals surface area contributed by atoms with Crippen LogP contribution in [0.25, 0.3) is 10.7 Å². The van der Waals surface area contributed by atoms with Gasteiger partial charge in [-0.15, -0.1) is 11.3 Å². The van der Waals surface area contributed by atoms with Gasteiger partial charge in [-0.1, -0.05) is 6.07 Å². The molecule has 0 atom stereocenters. The number of aryl methyl sites for hydroxylation is 1. The molecule has 0 spiro atoms. The zero-order valence-corrected chi connectivity index (χ0v) is 12.7. The van der Waals surface area contributed by atoms with Crippen molar-refractivity contribution in [3.8, 4) is 10.7 Å². The van der Waals surface area contributed by atoms with Crippen LogP contribution in [0.2, 0.25) is 0 Å². The van der Waals surface area contributed by atoms with Gasteiger partial charge >= 0.3 is 0 Å². The van der Waals surface area contributed by atoms with E-state index < -0.39 is 0 Å². The third-order valence-corrected chi connectivity index (χ3v) is 3.98. The van der Waals surface area contributed by atoms with Crippen LogP contribution >= 0.6 is 11.3 Å². The quantitative estimate of drug-likeness (QED) is 0.709. The minimum atomic E-state index is 0.774. The number of hydrogen-bond acceptors (Lipinski definition) is 5. The summed E-state index contributed by atoms with van der Waals surface area (Å²) in [7, 11) is 1.94. The van der Waals surface area contributed by atoms with Gasteiger partial charge in [-0.2, -0.15) is 5.10 Å². The van der Waals surface area contributed by atoms with Crippen molar-refractivity contribution >= 4 is 11.3 Å². The first kappa shape index (κ1) is 13.9. The van der Waals surface area contributed by atoms with Crippen LogP contribution in [-0.2, 0) is 20.0 Å². The maximum Gasteiger partial charge on any atom is 0.142 e. The summed E-state index contributed by atoms with van der Waals surface area (Å²) in [5.74, 6) is 0. The third kappa shape index (κ3) is 3.74. The standard InChI is InChI=1S/C15H17N5S/c1-20-9-6-12(19-20)5-8-16-10-13-11-21-15(18-13)14-4-2-3-7-17-14/h2-4,6-7,9,11,16H,5,8,10H2,1H3. The molecule has 3 aromatic rings. The highest BCUT2D eigenvalue weighted by molar-refractivity contribution is 7.13. The number of nitrogens with one attached hydrogen (secondary N) is 1. The second kappa shape index (κ2) is 6.60. The van der Waals surface area contributed by atoms with Crippen LogP contribution in [0.15, 0.2) is 42.0 Å². The molecule has 0 saturated carbocycles. The summed E-state index contributed by atoms with van der Waals surface area (Å²) in [5, 5.41) is 10.8. The zero-order valence-electron chi connectivity index (χ0n) is 11.9. The van der Waals surface area contributed by atoms with Gasteiger partial charge in [-0.3, -0.25) is 9.67 Å². The van der Waals surface area contributed by atoms with Gasteiger partial charge in [-0.05, 0) is 18.2 Å². The number of nitrogens with zero attached hydrogens (tertiary/aromatic N) is 4. The molecule has 6 heteroatoms. The van der Waals surface area contributed by atoms with Crippen LogP contribution in [0, 0.1) is 0 Å². The molecule has 0 saturated heterocycles. The molecule has 108 valence electrons. The largest absolute Gasteiger partial charge is 0.311 e. The van der Waals surface area contributed by atoms with Crippen molar-refractivity contribution in [3.63, 3.8) is 0 Å². The third-order valence-electron chi connectivity index (χ3n) is 3.07. The molecule has 3 rings (SSSR count). The highest BCUT2D eigenvalue weighted by Gasteiger charge is 2.05. The molecule has 0 radical (unpaired) electrons. The van der Waals surface area contributed by atoms with Crippen LogP contribution in [0.3, 0.4) is 0 Å². The number of pyridine rings is 1. The van der Waals surface area contributed by atoms with E-state index in [-0.39, 0.29) is 0 Å². The molecule has 0 aliphatic carbocycles. The van der Waals surface area contributed by atoms with Crippen LogP contribution in [0.1, 0.15) is 11.4 Å². The van der Waals surface area contributed by atoms with Crippen molar-refractivity contribution in [2.75, 3.05) is 6.54 Å². The number of thiazole rings is 1. The molecular weight excluding hydrogens is 282 g/mol. The van der Waals surface area contributed by atoms with Crippen molar-refractivity contribution in [1.82, 2.24) is 25.1 Å². The fraction of sp³-hybridized carbons (Fsp3) is 0.267. The average molecular weight is 299 g/mol. The molecule has 0 unspecified atom stereocenters. The Hall–Kier alpha value is -2.05. The molecule has 0 fully saturated rings. The first-order valence-corrected chi connectivity index (χ1v) is 7.74. The maximum atomic E-state index is 4.60. The highest BCUT2D eigenvalue weighted by atomic mass is 32.1. The Bertz CT molecular complexity index is 689. The summed E-state index contributed by atoms with van der Waals surface area (Å²) in [6, 6.07) is 7.92. The van der Waals surface area contributed by atoms with Gasteiger partial charge in [0.25, 0.3) is 0 Å². The van der Waals surface area contributed by atoms with E-state index in [1.54, 1.807) is 17.5 Å². The number of rotatable bonds is 6. The van der Waals surface area contributed by atoms with Crippen molar-refractivity contribution in [2.45, 2.75) is 13.0 Å². The Morgan fingerprint density at radius 3 is 2.95 bits per heavy atom. The summed E-state index contributed by atoms with van der Waals surface area (Å²) in [5.41, 5.74) is 3.10. The van der Waals surface area contributed by atoms with E-state index in [1.165, 1.54) is 0 Å². The van der Waals surface area contributed by atoms with E-state index in [9.17, 15) is 0 Å². The number of aromatic nitrogens is 4. The highest BCUT2D eigenvalue weighted by Crippen LogP contribution is 2.21. The Kier molecular flexibility index (Phi) is 4.37. The predicted molar refractivity (Wildman–Crippen MR) is 84.0 cm³/mol. The van der Waals surface area contributed by atoms with Gasteiger partial charge < -0.3 is 5.32 Å². The fourth-order valence-corrected chi connectivity index (χ4v) is 2.82. The van der Waals surface area contributed by atoms with Crippen molar-refractivity contribution in [3.05, 3.63) is 53.4 Å². The monoisotopic (exact) mass is 299 g/mol. The minimum Gasteiger partial charge on any atom is -0.311 e. The van der Waals surface area contributed by atoms with E-state index in [2.05, 4.69) is 25.8 Å². The Labute approximate surface area is 127 Å². The summed E-state index contributed by atoms with van der Waals surface area (Å²) < 4.78 is 1.83. The van der Waals surface area contributed by atoms with E-state index >= 15 is 0 Å². The smallest absolute Gasteiger partial charge is 0.142 e. The predicted octanol–water partition coefficient (Wildman–Crippen LogP) is 2.27. The van der Waals surface area contributed by atoms with Gasteiger partial charge in [0, 0.05) is 44.3 Å². The van der Waals surface area contributed by atoms with E-state index in [0.717, 1.165) is 41.6 Å². The number of hydrogen-bond donors (Lipinski definition) is 1. The molecular formula is C15H17N5S. The van der Waals surface area contributed by atoms with Crippen LogP contribution in [0.5, 0.6) is 0 Å². The Morgan fingerprint density at radius 2 is 2.19 bits per heavy atom. The molecule has 1 N–H and O–H groups in total.